The van der Waals surface area contributed by atoms with Crippen LogP contribution in [0.25, 0.3) is 0 Å². The van der Waals surface area contributed by atoms with E-state index in [1.54, 1.807) is 21.3 Å². The molecule has 6 rings (SSSR count). The van der Waals surface area contributed by atoms with E-state index in [1.165, 1.54) is 0 Å². The quantitative estimate of drug-likeness (QED) is 0.154. The highest BCUT2D eigenvalue weighted by Gasteiger charge is 2.65. The zero-order valence-electron chi connectivity index (χ0n) is 39.3. The van der Waals surface area contributed by atoms with Gasteiger partial charge in [-0.25, -0.2) is 0 Å². The molecule has 0 unspecified atom stereocenters. The zero-order chi connectivity index (χ0) is 43.9. The summed E-state index contributed by atoms with van der Waals surface area (Å²) in [4.78, 5) is 0. The Morgan fingerprint density at radius 2 is 1.53 bits per heavy atom. The topological polar surface area (TPSA) is 153 Å². The van der Waals surface area contributed by atoms with Crippen LogP contribution in [0, 0.1) is 35.5 Å². The first-order chi connectivity index (χ1) is 28.4. The van der Waals surface area contributed by atoms with Crippen LogP contribution in [0.3, 0.4) is 0 Å². The Morgan fingerprint density at radius 3 is 2.13 bits per heavy atom. The van der Waals surface area contributed by atoms with Gasteiger partial charge in [0.2, 0.25) is 0 Å². The van der Waals surface area contributed by atoms with Gasteiger partial charge in [-0.15, -0.1) is 0 Å². The monoisotopic (exact) mass is 857 g/mol. The fourth-order valence-corrected chi connectivity index (χ4v) is 12.8. The second kappa shape index (κ2) is 19.5. The van der Waals surface area contributed by atoms with Crippen LogP contribution in [0.5, 0.6) is 0 Å². The van der Waals surface area contributed by atoms with Crippen molar-refractivity contribution in [3.8, 4) is 0 Å². The molecule has 1 spiro atoms. The lowest BCUT2D eigenvalue weighted by atomic mass is 9.76. The SMILES string of the molecule is CCC[C@@]1([C@@H]2O[C@@H]([C@H]3O[C@@](O)(CO)[C@H](C)C[C@@H]3C)C[C@@H]2C)C[C@@H](O[C@H]2CC[C@H](OC)[C@@H](C)O2)[C@H]([C@]2(C)CC[C@@]3(C[C@H](OC)[C@@H](C)[C@H]([C@@H](C)[C@@H](OC)[C@H](CC)[C@H](C)O)O3)O2)O1. The number of rotatable bonds is 16. The first-order valence-corrected chi connectivity index (χ1v) is 23.7. The summed E-state index contributed by atoms with van der Waals surface area (Å²) in [6.07, 6.45) is 4.62. The Balaban J connectivity index is 1.30. The number of aliphatic hydroxyl groups excluding tert-OH is 2. The van der Waals surface area contributed by atoms with Gasteiger partial charge < -0.3 is 62.7 Å². The van der Waals surface area contributed by atoms with Gasteiger partial charge in [0.15, 0.2) is 17.9 Å². The predicted molar refractivity (Wildman–Crippen MR) is 225 cm³/mol. The molecular weight excluding hydrogens is 773 g/mol. The summed E-state index contributed by atoms with van der Waals surface area (Å²) in [5.74, 6) is -2.48. The third-order valence-electron chi connectivity index (χ3n) is 16.2. The summed E-state index contributed by atoms with van der Waals surface area (Å²) in [5.41, 5.74) is -1.48. The molecule has 0 saturated carbocycles. The summed E-state index contributed by atoms with van der Waals surface area (Å²) in [6, 6.07) is 0. The highest BCUT2D eigenvalue weighted by molar-refractivity contribution is 5.12. The van der Waals surface area contributed by atoms with Crippen molar-refractivity contribution in [3.05, 3.63) is 0 Å². The van der Waals surface area contributed by atoms with Crippen molar-refractivity contribution in [3.63, 3.8) is 0 Å². The Bertz CT molecular complexity index is 1370. The van der Waals surface area contributed by atoms with Crippen molar-refractivity contribution in [2.24, 2.45) is 35.5 Å². The highest BCUT2D eigenvalue weighted by atomic mass is 16.7. The molecule has 0 amide bonds. The van der Waals surface area contributed by atoms with Crippen LogP contribution >= 0.6 is 0 Å². The van der Waals surface area contributed by atoms with Gasteiger partial charge in [-0.2, -0.15) is 0 Å². The molecule has 13 nitrogen and oxygen atoms in total. The molecule has 6 fully saturated rings. The Morgan fingerprint density at radius 1 is 0.817 bits per heavy atom. The minimum atomic E-state index is -1.60. The van der Waals surface area contributed by atoms with Crippen LogP contribution in [0.4, 0.5) is 0 Å². The zero-order valence-corrected chi connectivity index (χ0v) is 39.3. The Labute approximate surface area is 361 Å². The molecule has 0 aromatic carbocycles. The van der Waals surface area contributed by atoms with Crippen molar-refractivity contribution >= 4 is 0 Å². The molecule has 0 radical (unpaired) electrons. The Hall–Kier alpha value is -0.520. The third kappa shape index (κ3) is 9.43. The van der Waals surface area contributed by atoms with Gasteiger partial charge in [-0.3, -0.25) is 0 Å². The Kier molecular flexibility index (Phi) is 15.9. The average Bonchev–Trinajstić information content (AvgIpc) is 3.89. The van der Waals surface area contributed by atoms with Gasteiger partial charge in [0.1, 0.15) is 6.10 Å². The third-order valence-corrected chi connectivity index (χ3v) is 16.2. The van der Waals surface area contributed by atoms with E-state index in [1.807, 2.05) is 20.8 Å². The van der Waals surface area contributed by atoms with Crippen LogP contribution in [0.15, 0.2) is 0 Å². The predicted octanol–water partition coefficient (Wildman–Crippen LogP) is 6.54. The normalized spacial score (nSPS) is 49.6. The van der Waals surface area contributed by atoms with Crippen LogP contribution < -0.4 is 0 Å². The van der Waals surface area contributed by atoms with E-state index < -0.39 is 47.9 Å². The molecular formula is C47H84O13. The van der Waals surface area contributed by atoms with Gasteiger partial charge in [0, 0.05) is 70.7 Å². The minimum Gasteiger partial charge on any atom is -0.393 e. The van der Waals surface area contributed by atoms with Gasteiger partial charge in [0.05, 0.1) is 78.8 Å². The van der Waals surface area contributed by atoms with Crippen LogP contribution in [-0.2, 0) is 47.4 Å². The van der Waals surface area contributed by atoms with Gasteiger partial charge >= 0.3 is 0 Å². The van der Waals surface area contributed by atoms with Crippen LogP contribution in [0.1, 0.15) is 140 Å². The van der Waals surface area contributed by atoms with Crippen LogP contribution in [-0.4, -0.2) is 139 Å². The number of hydrogen-bond donors (Lipinski definition) is 3. The molecule has 6 aliphatic rings. The van der Waals surface area contributed by atoms with E-state index >= 15 is 0 Å². The first-order valence-electron chi connectivity index (χ1n) is 23.7. The lowest BCUT2D eigenvalue weighted by Gasteiger charge is -2.50. The van der Waals surface area contributed by atoms with Crippen molar-refractivity contribution in [1.82, 2.24) is 0 Å². The highest BCUT2D eigenvalue weighted by Crippen LogP contribution is 2.56. The van der Waals surface area contributed by atoms with Crippen molar-refractivity contribution in [1.29, 1.82) is 0 Å². The second-order valence-electron chi connectivity index (χ2n) is 20.5. The number of ether oxygens (including phenoxy) is 10. The number of aliphatic hydroxyl groups is 3. The van der Waals surface area contributed by atoms with Crippen molar-refractivity contribution in [2.45, 2.75) is 236 Å². The van der Waals surface area contributed by atoms with E-state index in [9.17, 15) is 15.3 Å². The average molecular weight is 857 g/mol. The van der Waals surface area contributed by atoms with E-state index in [0.717, 1.165) is 38.5 Å². The molecule has 350 valence electrons. The number of hydrogen-bond acceptors (Lipinski definition) is 13. The molecule has 6 saturated heterocycles. The molecule has 0 aromatic heterocycles. The van der Waals surface area contributed by atoms with E-state index in [2.05, 4.69) is 48.5 Å². The molecule has 0 aromatic rings. The molecule has 3 N–H and O–H groups in total. The summed E-state index contributed by atoms with van der Waals surface area (Å²) >= 11 is 0. The van der Waals surface area contributed by atoms with Crippen LogP contribution in [0.2, 0.25) is 0 Å². The lowest BCUT2D eigenvalue weighted by Crippen LogP contribution is -2.58. The summed E-state index contributed by atoms with van der Waals surface area (Å²) in [7, 11) is 5.24. The fourth-order valence-electron chi connectivity index (χ4n) is 12.8. The summed E-state index contributed by atoms with van der Waals surface area (Å²) < 4.78 is 67.3. The summed E-state index contributed by atoms with van der Waals surface area (Å²) in [6.45, 7) is 20.6. The molecule has 22 atom stereocenters. The number of methoxy groups -OCH3 is 3. The molecule has 6 heterocycles. The van der Waals surface area contributed by atoms with Crippen molar-refractivity contribution < 1.29 is 62.7 Å². The van der Waals surface area contributed by atoms with Gasteiger partial charge in [0.25, 0.3) is 0 Å². The van der Waals surface area contributed by atoms with Gasteiger partial charge in [-0.05, 0) is 71.1 Å². The first kappa shape index (κ1) is 48.9. The largest absolute Gasteiger partial charge is 0.393 e. The second-order valence-corrected chi connectivity index (χ2v) is 20.5. The molecule has 13 heteroatoms. The van der Waals surface area contributed by atoms with E-state index in [0.29, 0.717) is 32.1 Å². The smallest absolute Gasteiger partial charge is 0.192 e. The van der Waals surface area contributed by atoms with Crippen molar-refractivity contribution in [2.75, 3.05) is 27.9 Å². The minimum absolute atomic E-state index is 0.0107. The standard InChI is InChI=1S/C47H84O13/c1-14-18-45(42-27(4)22-35(56-42)39-26(3)21-28(5)47(50,25-48)58-39)23-37(55-38-17-16-34(51-11)32(9)54-38)43(59-45)44(10)19-20-46(60-44)24-36(52-12)29(6)40(57-46)30(7)41(53-13)33(15-2)31(8)49/h26-43,48-50H,14-25H2,1-13H3/t26-,27-,28+,29+,30+,31-,32+,33+,34-,35+,36-,37+,38-,39-,40+,41+,42+,43+,44-,45-,46-,47-/m0/s1. The maximum absolute atomic E-state index is 11.3. The van der Waals surface area contributed by atoms with Gasteiger partial charge in [-0.1, -0.05) is 54.9 Å². The maximum atomic E-state index is 11.3. The molecule has 6 aliphatic heterocycles. The lowest BCUT2D eigenvalue weighted by molar-refractivity contribution is -0.342. The maximum Gasteiger partial charge on any atom is 0.192 e. The van der Waals surface area contributed by atoms with E-state index in [4.69, 9.17) is 47.4 Å². The molecule has 0 bridgehead atoms. The summed E-state index contributed by atoms with van der Waals surface area (Å²) in [5, 5.41) is 32.2. The fraction of sp³-hybridized carbons (Fsp3) is 1.00. The van der Waals surface area contributed by atoms with E-state index in [-0.39, 0.29) is 90.4 Å². The molecule has 0 aliphatic carbocycles. The molecule has 60 heavy (non-hydrogen) atoms.